The monoisotopic (exact) mass is 502 g/mol. The Morgan fingerprint density at radius 2 is 1.97 bits per heavy atom. The van der Waals surface area contributed by atoms with Gasteiger partial charge in [0.1, 0.15) is 29.3 Å². The van der Waals surface area contributed by atoms with Gasteiger partial charge in [0.15, 0.2) is 11.8 Å². The molecular formula is C26H27FN8O2. The summed E-state index contributed by atoms with van der Waals surface area (Å²) in [4.78, 5) is 8.67. The number of aromatic hydroxyl groups is 1. The van der Waals surface area contributed by atoms with Gasteiger partial charge in [0.25, 0.3) is 0 Å². The van der Waals surface area contributed by atoms with Gasteiger partial charge in [0.2, 0.25) is 5.88 Å². The number of aromatic nitrogens is 6. The number of rotatable bonds is 4. The van der Waals surface area contributed by atoms with Crippen LogP contribution in [0.15, 0.2) is 36.7 Å². The van der Waals surface area contributed by atoms with E-state index in [0.717, 1.165) is 5.69 Å². The number of hydrogen-bond acceptors (Lipinski definition) is 9. The lowest BCUT2D eigenvalue weighted by atomic mass is 9.79. The molecule has 1 saturated heterocycles. The van der Waals surface area contributed by atoms with E-state index in [4.69, 9.17) is 4.74 Å². The normalized spacial score (nSPS) is 20.5. The van der Waals surface area contributed by atoms with Crippen molar-refractivity contribution in [1.29, 1.82) is 5.26 Å². The van der Waals surface area contributed by atoms with Crippen LogP contribution in [0, 0.1) is 18.3 Å². The van der Waals surface area contributed by atoms with Gasteiger partial charge in [-0.15, -0.1) is 10.2 Å². The van der Waals surface area contributed by atoms with Gasteiger partial charge in [0.05, 0.1) is 23.1 Å². The summed E-state index contributed by atoms with van der Waals surface area (Å²) in [5.41, 5.74) is 2.03. The lowest BCUT2D eigenvalue weighted by Gasteiger charge is -2.48. The Morgan fingerprint density at radius 1 is 1.19 bits per heavy atom. The average Bonchev–Trinajstić information content (AvgIpc) is 3.21. The number of aryl methyl sites for hydroxylation is 1. The van der Waals surface area contributed by atoms with Crippen molar-refractivity contribution in [2.24, 2.45) is 0 Å². The standard InChI is InChI=1S/C26H27FN8O2/c1-14-13-35-24(30-14)15(11-28)8-18(33-35)16-9-19(36)22(29-12-16)17-6-7-21(32-31-17)37-20-10-25(2,3)34-26(4,5)23(20)27/h6-9,12-13,20,23,34,36H,10H2,1-5H3/t20-,23-/m0/s1. The van der Waals surface area contributed by atoms with Crippen molar-refractivity contribution in [2.45, 2.75) is 64.4 Å². The molecule has 2 atom stereocenters. The Bertz CT molecular complexity index is 1520. The fourth-order valence-electron chi connectivity index (χ4n) is 4.93. The van der Waals surface area contributed by atoms with Gasteiger partial charge in [-0.05, 0) is 52.8 Å². The second kappa shape index (κ2) is 8.74. The topological polar surface area (TPSA) is 134 Å². The predicted molar refractivity (Wildman–Crippen MR) is 134 cm³/mol. The number of nitriles is 1. The highest BCUT2D eigenvalue weighted by atomic mass is 19.1. The average molecular weight is 503 g/mol. The largest absolute Gasteiger partial charge is 0.506 e. The van der Waals surface area contributed by atoms with Crippen LogP contribution in [0.1, 0.15) is 45.4 Å². The van der Waals surface area contributed by atoms with Crippen LogP contribution < -0.4 is 10.1 Å². The van der Waals surface area contributed by atoms with Crippen LogP contribution in [0.2, 0.25) is 0 Å². The van der Waals surface area contributed by atoms with Crippen LogP contribution in [0.25, 0.3) is 28.3 Å². The fourth-order valence-corrected chi connectivity index (χ4v) is 4.93. The zero-order chi connectivity index (χ0) is 26.5. The number of nitrogens with one attached hydrogen (secondary N) is 1. The van der Waals surface area contributed by atoms with E-state index in [1.807, 2.05) is 34.6 Å². The minimum atomic E-state index is -1.24. The SMILES string of the molecule is Cc1cn2nc(-c3cnc(-c4ccc(O[C@H]5CC(C)(C)NC(C)(C)[C@H]5F)nn4)c(O)c3)cc(C#N)c2n1. The van der Waals surface area contributed by atoms with Crippen LogP contribution in [-0.2, 0) is 0 Å². The first-order chi connectivity index (χ1) is 17.5. The molecule has 37 heavy (non-hydrogen) atoms. The Morgan fingerprint density at radius 3 is 2.65 bits per heavy atom. The summed E-state index contributed by atoms with van der Waals surface area (Å²) in [6.45, 7) is 9.46. The Labute approximate surface area is 213 Å². The fraction of sp³-hybridized carbons (Fsp3) is 0.385. The number of halogens is 1. The molecule has 10 nitrogen and oxygen atoms in total. The molecule has 5 heterocycles. The molecule has 0 aromatic carbocycles. The van der Waals surface area contributed by atoms with Crippen molar-refractivity contribution in [1.82, 2.24) is 35.1 Å². The molecule has 1 aliphatic heterocycles. The number of alkyl halides is 1. The molecule has 2 N–H and O–H groups in total. The van der Waals surface area contributed by atoms with Gasteiger partial charge in [-0.1, -0.05) is 0 Å². The molecule has 11 heteroatoms. The summed E-state index contributed by atoms with van der Waals surface area (Å²) in [6, 6.07) is 8.43. The third-order valence-corrected chi connectivity index (χ3v) is 6.37. The summed E-state index contributed by atoms with van der Waals surface area (Å²) in [6.07, 6.45) is 1.81. The van der Waals surface area contributed by atoms with E-state index in [1.54, 1.807) is 24.4 Å². The van der Waals surface area contributed by atoms with E-state index in [1.165, 1.54) is 16.8 Å². The number of hydrogen-bond donors (Lipinski definition) is 2. The third-order valence-electron chi connectivity index (χ3n) is 6.37. The molecule has 0 spiro atoms. The predicted octanol–water partition coefficient (Wildman–Crippen LogP) is 3.77. The lowest BCUT2D eigenvalue weighted by Crippen LogP contribution is -2.66. The molecule has 5 rings (SSSR count). The Hall–Kier alpha value is -4.17. The maximum absolute atomic E-state index is 15.1. The number of imidazole rings is 1. The van der Waals surface area contributed by atoms with E-state index in [2.05, 4.69) is 36.7 Å². The summed E-state index contributed by atoms with van der Waals surface area (Å²) in [7, 11) is 0. The van der Waals surface area contributed by atoms with Gasteiger partial charge in [0, 0.05) is 35.3 Å². The lowest BCUT2D eigenvalue weighted by molar-refractivity contribution is -0.0281. The number of nitrogens with zero attached hydrogens (tertiary/aromatic N) is 7. The van der Waals surface area contributed by atoms with Crippen molar-refractivity contribution in [2.75, 3.05) is 0 Å². The quantitative estimate of drug-likeness (QED) is 0.428. The molecule has 0 aliphatic carbocycles. The molecule has 0 unspecified atom stereocenters. The van der Waals surface area contributed by atoms with Crippen molar-refractivity contribution in [3.63, 3.8) is 0 Å². The van der Waals surface area contributed by atoms with Crippen molar-refractivity contribution < 1.29 is 14.2 Å². The zero-order valence-electron chi connectivity index (χ0n) is 21.2. The molecule has 1 fully saturated rings. The van der Waals surface area contributed by atoms with Gasteiger partial charge in [-0.3, -0.25) is 0 Å². The molecule has 0 radical (unpaired) electrons. The van der Waals surface area contributed by atoms with Crippen LogP contribution in [0.5, 0.6) is 11.6 Å². The summed E-state index contributed by atoms with van der Waals surface area (Å²) in [5.74, 6) is 0.0616. The van der Waals surface area contributed by atoms with E-state index >= 15 is 4.39 Å². The van der Waals surface area contributed by atoms with Crippen molar-refractivity contribution in [3.8, 4) is 40.3 Å². The maximum Gasteiger partial charge on any atom is 0.233 e. The molecule has 4 aromatic heterocycles. The van der Waals surface area contributed by atoms with E-state index in [-0.39, 0.29) is 22.9 Å². The first-order valence-electron chi connectivity index (χ1n) is 11.9. The minimum absolute atomic E-state index is 0.131. The number of fused-ring (bicyclic) bond motifs is 1. The molecular weight excluding hydrogens is 475 g/mol. The smallest absolute Gasteiger partial charge is 0.233 e. The minimum Gasteiger partial charge on any atom is -0.506 e. The van der Waals surface area contributed by atoms with Gasteiger partial charge in [-0.2, -0.15) is 10.4 Å². The summed E-state index contributed by atoms with van der Waals surface area (Å²) < 4.78 is 22.5. The van der Waals surface area contributed by atoms with E-state index in [9.17, 15) is 10.4 Å². The summed E-state index contributed by atoms with van der Waals surface area (Å²) in [5, 5.41) is 36.2. The highest BCUT2D eigenvalue weighted by Gasteiger charge is 2.47. The first kappa shape index (κ1) is 24.5. The highest BCUT2D eigenvalue weighted by molar-refractivity contribution is 5.70. The first-order valence-corrected chi connectivity index (χ1v) is 11.9. The molecule has 0 amide bonds. The zero-order valence-corrected chi connectivity index (χ0v) is 21.2. The number of pyridine rings is 1. The highest BCUT2D eigenvalue weighted by Crippen LogP contribution is 2.34. The molecule has 1 aliphatic rings. The second-order valence-electron chi connectivity index (χ2n) is 10.5. The molecule has 0 saturated carbocycles. The van der Waals surface area contributed by atoms with Crippen LogP contribution in [0.4, 0.5) is 4.39 Å². The number of ether oxygens (including phenoxy) is 1. The maximum atomic E-state index is 15.1. The van der Waals surface area contributed by atoms with Crippen molar-refractivity contribution >= 4 is 5.65 Å². The number of piperidine rings is 1. The van der Waals surface area contributed by atoms with Crippen LogP contribution >= 0.6 is 0 Å². The van der Waals surface area contributed by atoms with Gasteiger partial charge in [-0.25, -0.2) is 18.9 Å². The van der Waals surface area contributed by atoms with E-state index in [0.29, 0.717) is 34.6 Å². The second-order valence-corrected chi connectivity index (χ2v) is 10.5. The molecule has 4 aromatic rings. The Kier molecular flexibility index (Phi) is 5.79. The third kappa shape index (κ3) is 4.68. The van der Waals surface area contributed by atoms with Gasteiger partial charge < -0.3 is 15.2 Å². The Balaban J connectivity index is 1.38. The summed E-state index contributed by atoms with van der Waals surface area (Å²) >= 11 is 0. The van der Waals surface area contributed by atoms with Crippen LogP contribution in [-0.4, -0.2) is 58.2 Å². The molecule has 0 bridgehead atoms. The van der Waals surface area contributed by atoms with E-state index < -0.39 is 17.8 Å². The van der Waals surface area contributed by atoms with Crippen LogP contribution in [0.3, 0.4) is 0 Å². The molecule has 190 valence electrons. The van der Waals surface area contributed by atoms with Crippen molar-refractivity contribution in [3.05, 3.63) is 47.9 Å². The van der Waals surface area contributed by atoms with Gasteiger partial charge >= 0.3 is 0 Å².